The van der Waals surface area contributed by atoms with E-state index in [1.165, 1.54) is 24.3 Å². The van der Waals surface area contributed by atoms with E-state index < -0.39 is 18.5 Å². The minimum absolute atomic E-state index is 0.266. The predicted molar refractivity (Wildman–Crippen MR) is 97.5 cm³/mol. The van der Waals surface area contributed by atoms with Crippen LogP contribution in [0, 0.1) is 35.8 Å². The van der Waals surface area contributed by atoms with Crippen LogP contribution in [0.3, 0.4) is 0 Å². The number of thiocyanates is 1. The van der Waals surface area contributed by atoms with Gasteiger partial charge >= 0.3 is 5.97 Å². The molecule has 2 aromatic rings. The molecule has 0 unspecified atom stereocenters. The van der Waals surface area contributed by atoms with Gasteiger partial charge in [0.05, 0.1) is 17.2 Å². The summed E-state index contributed by atoms with van der Waals surface area (Å²) in [4.78, 5) is 24.8. The van der Waals surface area contributed by atoms with Crippen LogP contribution in [-0.4, -0.2) is 18.5 Å². The highest BCUT2D eigenvalue weighted by molar-refractivity contribution is 8.03. The van der Waals surface area contributed by atoms with Crippen LogP contribution in [0.1, 0.15) is 27.0 Å². The molecule has 0 heterocycles. The van der Waals surface area contributed by atoms with Crippen molar-refractivity contribution in [3.63, 3.8) is 0 Å². The van der Waals surface area contributed by atoms with Gasteiger partial charge in [0.2, 0.25) is 0 Å². The molecule has 0 radical (unpaired) electrons. The maximum Gasteiger partial charge on any atom is 0.338 e. The summed E-state index contributed by atoms with van der Waals surface area (Å²) in [6.07, 6.45) is 0. The number of carbonyl (C=O) groups excluding carboxylic acids is 2. The first-order valence-corrected chi connectivity index (χ1v) is 8.40. The van der Waals surface area contributed by atoms with Gasteiger partial charge in [0.25, 0.3) is 5.91 Å². The number of rotatable bonds is 5. The van der Waals surface area contributed by atoms with E-state index in [4.69, 9.17) is 15.3 Å². The third kappa shape index (κ3) is 4.85. The number of nitrogens with one attached hydrogen (secondary N) is 1. The molecule has 0 atom stereocenters. The Bertz CT molecular complexity index is 902. The SMILES string of the molecule is Cc1cc(SC#N)cc(C)c1NC(=O)COC(=O)c1ccc(C#N)cc1. The number of nitriles is 2. The van der Waals surface area contributed by atoms with E-state index >= 15 is 0 Å². The number of hydrogen-bond donors (Lipinski definition) is 1. The van der Waals surface area contributed by atoms with Crippen LogP contribution in [0.25, 0.3) is 0 Å². The first-order chi connectivity index (χ1) is 12.4. The number of carbonyl (C=O) groups is 2. The fourth-order valence-corrected chi connectivity index (χ4v) is 2.88. The Morgan fingerprint density at radius 1 is 1.12 bits per heavy atom. The Hall–Kier alpha value is -3.29. The number of aryl methyl sites for hydroxylation is 2. The molecule has 130 valence electrons. The van der Waals surface area contributed by atoms with Gasteiger partial charge < -0.3 is 10.1 Å². The van der Waals surface area contributed by atoms with Crippen LogP contribution in [0.2, 0.25) is 0 Å². The number of ether oxygens (including phenoxy) is 1. The maximum atomic E-state index is 12.1. The lowest BCUT2D eigenvalue weighted by Gasteiger charge is -2.13. The monoisotopic (exact) mass is 365 g/mol. The second-order valence-electron chi connectivity index (χ2n) is 5.44. The van der Waals surface area contributed by atoms with Gasteiger partial charge in [-0.15, -0.1) is 0 Å². The molecule has 0 saturated carbocycles. The summed E-state index contributed by atoms with van der Waals surface area (Å²) in [5.74, 6) is -1.10. The van der Waals surface area contributed by atoms with Crippen molar-refractivity contribution in [2.45, 2.75) is 18.7 Å². The van der Waals surface area contributed by atoms with Crippen molar-refractivity contribution in [1.82, 2.24) is 0 Å². The number of hydrogen-bond acceptors (Lipinski definition) is 6. The molecule has 0 spiro atoms. The normalized spacial score (nSPS) is 9.69. The molecule has 0 bridgehead atoms. The van der Waals surface area contributed by atoms with Crippen LogP contribution in [0.4, 0.5) is 5.69 Å². The highest BCUT2D eigenvalue weighted by Crippen LogP contribution is 2.27. The van der Waals surface area contributed by atoms with Crippen LogP contribution in [-0.2, 0) is 9.53 Å². The molecule has 0 aliphatic carbocycles. The van der Waals surface area contributed by atoms with Crippen molar-refractivity contribution in [3.05, 3.63) is 58.7 Å². The second-order valence-corrected chi connectivity index (χ2v) is 6.30. The number of esters is 1. The van der Waals surface area contributed by atoms with Crippen molar-refractivity contribution in [3.8, 4) is 11.5 Å². The smallest absolute Gasteiger partial charge is 0.338 e. The lowest BCUT2D eigenvalue weighted by atomic mass is 10.1. The van der Waals surface area contributed by atoms with Gasteiger partial charge in [-0.25, -0.2) is 4.79 Å². The molecule has 0 fully saturated rings. The topological polar surface area (TPSA) is 103 Å². The highest BCUT2D eigenvalue weighted by Gasteiger charge is 2.13. The van der Waals surface area contributed by atoms with Crippen molar-refractivity contribution in [2.75, 3.05) is 11.9 Å². The summed E-state index contributed by atoms with van der Waals surface area (Å²) in [5.41, 5.74) is 2.96. The molecule has 7 heteroatoms. The van der Waals surface area contributed by atoms with Crippen LogP contribution >= 0.6 is 11.8 Å². The summed E-state index contributed by atoms with van der Waals surface area (Å²) in [7, 11) is 0. The van der Waals surface area contributed by atoms with Crippen LogP contribution in [0.5, 0.6) is 0 Å². The molecule has 0 aromatic heterocycles. The van der Waals surface area contributed by atoms with Crippen molar-refractivity contribution < 1.29 is 14.3 Å². The average molecular weight is 365 g/mol. The van der Waals surface area contributed by atoms with Crippen molar-refractivity contribution in [2.24, 2.45) is 0 Å². The van der Waals surface area contributed by atoms with Gasteiger partial charge in [-0.1, -0.05) is 0 Å². The zero-order chi connectivity index (χ0) is 19.1. The van der Waals surface area contributed by atoms with Gasteiger partial charge in [0, 0.05) is 10.6 Å². The van der Waals surface area contributed by atoms with Gasteiger partial charge in [-0.2, -0.15) is 10.5 Å². The van der Waals surface area contributed by atoms with Gasteiger partial charge in [0.15, 0.2) is 6.61 Å². The summed E-state index contributed by atoms with van der Waals surface area (Å²) in [5, 5.41) is 22.2. The summed E-state index contributed by atoms with van der Waals surface area (Å²) in [6.45, 7) is 3.23. The molecule has 1 amide bonds. The number of amides is 1. The summed E-state index contributed by atoms with van der Waals surface area (Å²) >= 11 is 1.05. The summed E-state index contributed by atoms with van der Waals surface area (Å²) < 4.78 is 5.00. The lowest BCUT2D eigenvalue weighted by Crippen LogP contribution is -2.21. The first-order valence-electron chi connectivity index (χ1n) is 7.59. The number of nitrogens with zero attached hydrogens (tertiary/aromatic N) is 2. The molecule has 0 aliphatic rings. The minimum Gasteiger partial charge on any atom is -0.452 e. The van der Waals surface area contributed by atoms with Crippen LogP contribution < -0.4 is 5.32 Å². The Morgan fingerprint density at radius 3 is 2.27 bits per heavy atom. The number of thioether (sulfide) groups is 1. The van der Waals surface area contributed by atoms with E-state index in [2.05, 4.69) is 5.32 Å². The fraction of sp³-hybridized carbons (Fsp3) is 0.158. The van der Waals surface area contributed by atoms with E-state index in [0.717, 1.165) is 27.8 Å². The molecular formula is C19H15N3O3S. The van der Waals surface area contributed by atoms with Crippen molar-refractivity contribution in [1.29, 1.82) is 10.5 Å². The fourth-order valence-electron chi connectivity index (χ4n) is 2.30. The maximum absolute atomic E-state index is 12.1. The minimum atomic E-state index is -0.640. The second kappa shape index (κ2) is 8.70. The molecule has 0 aliphatic heterocycles. The van der Waals surface area contributed by atoms with E-state index in [9.17, 15) is 9.59 Å². The lowest BCUT2D eigenvalue weighted by molar-refractivity contribution is -0.119. The number of benzene rings is 2. The molecule has 0 saturated heterocycles. The average Bonchev–Trinajstić information content (AvgIpc) is 2.63. The van der Waals surface area contributed by atoms with E-state index in [-0.39, 0.29) is 5.56 Å². The molecular weight excluding hydrogens is 350 g/mol. The Balaban J connectivity index is 1.97. The van der Waals surface area contributed by atoms with E-state index in [0.29, 0.717) is 11.3 Å². The van der Waals surface area contributed by atoms with Gasteiger partial charge in [0.1, 0.15) is 5.40 Å². The van der Waals surface area contributed by atoms with E-state index in [1.807, 2.05) is 25.3 Å². The Kier molecular flexibility index (Phi) is 6.37. The largest absolute Gasteiger partial charge is 0.452 e. The third-order valence-corrected chi connectivity index (χ3v) is 4.08. The zero-order valence-corrected chi connectivity index (χ0v) is 15.0. The predicted octanol–water partition coefficient (Wildman–Crippen LogP) is 3.54. The zero-order valence-electron chi connectivity index (χ0n) is 14.2. The molecule has 2 aromatic carbocycles. The summed E-state index contributed by atoms with van der Waals surface area (Å²) in [6, 6.07) is 11.5. The van der Waals surface area contributed by atoms with Gasteiger partial charge in [-0.05, 0) is 73.1 Å². The Labute approximate surface area is 155 Å². The molecule has 26 heavy (non-hydrogen) atoms. The number of anilines is 1. The molecule has 2 rings (SSSR count). The quantitative estimate of drug-likeness (QED) is 0.494. The third-order valence-electron chi connectivity index (χ3n) is 3.52. The highest BCUT2D eigenvalue weighted by atomic mass is 32.2. The van der Waals surface area contributed by atoms with E-state index in [1.54, 1.807) is 12.1 Å². The standard InChI is InChI=1S/C19H15N3O3S/c1-12-7-16(26-11-21)8-13(2)18(12)22-17(23)10-25-19(24)15-5-3-14(9-20)4-6-15/h3-8H,10H2,1-2H3,(H,22,23). The molecule has 1 N–H and O–H groups in total. The van der Waals surface area contributed by atoms with Crippen molar-refractivity contribution >= 4 is 29.3 Å². The van der Waals surface area contributed by atoms with Gasteiger partial charge in [-0.3, -0.25) is 4.79 Å². The van der Waals surface area contributed by atoms with Crippen LogP contribution in [0.15, 0.2) is 41.3 Å². The Morgan fingerprint density at radius 2 is 1.73 bits per heavy atom. The molecule has 6 nitrogen and oxygen atoms in total. The first kappa shape index (κ1) is 19.0.